The molecule has 0 radical (unpaired) electrons. The van der Waals surface area contributed by atoms with E-state index in [0.29, 0.717) is 18.8 Å². The lowest BCUT2D eigenvalue weighted by Gasteiger charge is -2.19. The molecule has 7 nitrogen and oxygen atoms in total. The number of hydrogen-bond acceptors (Lipinski definition) is 5. The summed E-state index contributed by atoms with van der Waals surface area (Å²) in [7, 11) is 0. The maximum Gasteiger partial charge on any atom is 0.271 e. The lowest BCUT2D eigenvalue weighted by molar-refractivity contribution is 0.0945. The zero-order chi connectivity index (χ0) is 19.2. The summed E-state index contributed by atoms with van der Waals surface area (Å²) in [6.07, 6.45) is 10.6. The Labute approximate surface area is 166 Å². The predicted octanol–water partition coefficient (Wildman–Crippen LogP) is 2.28. The Balaban J connectivity index is 1.20. The number of fused-ring (bicyclic) bond motifs is 1. The summed E-state index contributed by atoms with van der Waals surface area (Å²) in [6.45, 7) is 4.83. The highest BCUT2D eigenvalue weighted by Crippen LogP contribution is 2.21. The number of carbonyl (C=O) groups excluding carboxylic acids is 1. The Hall–Kier alpha value is -2.41. The van der Waals surface area contributed by atoms with Crippen LogP contribution in [0.5, 0.6) is 5.75 Å². The normalized spacial score (nSPS) is 19.8. The fourth-order valence-corrected chi connectivity index (χ4v) is 4.02. The first kappa shape index (κ1) is 18.9. The molecular formula is C21H29N5O2. The third-order valence-corrected chi connectivity index (χ3v) is 5.50. The van der Waals surface area contributed by atoms with Crippen LogP contribution in [-0.2, 0) is 13.0 Å². The van der Waals surface area contributed by atoms with Gasteiger partial charge in [-0.05, 0) is 57.1 Å². The van der Waals surface area contributed by atoms with Gasteiger partial charge in [-0.15, -0.1) is 0 Å². The molecule has 0 bridgehead atoms. The molecule has 0 spiro atoms. The Morgan fingerprint density at radius 1 is 1.18 bits per heavy atom. The molecule has 1 N–H and O–H groups in total. The molecule has 0 aromatic carbocycles. The summed E-state index contributed by atoms with van der Waals surface area (Å²) in [4.78, 5) is 18.9. The predicted molar refractivity (Wildman–Crippen MR) is 106 cm³/mol. The lowest BCUT2D eigenvalue weighted by atomic mass is 10.2. The van der Waals surface area contributed by atoms with Gasteiger partial charge in [0.2, 0.25) is 0 Å². The van der Waals surface area contributed by atoms with Gasteiger partial charge in [-0.1, -0.05) is 12.8 Å². The Bertz CT molecular complexity index is 745. The Morgan fingerprint density at radius 2 is 1.96 bits per heavy atom. The number of pyridine rings is 1. The van der Waals surface area contributed by atoms with Crippen molar-refractivity contribution in [2.75, 3.05) is 26.2 Å². The molecule has 1 saturated heterocycles. The first-order valence-corrected chi connectivity index (χ1v) is 10.4. The van der Waals surface area contributed by atoms with E-state index in [1.54, 1.807) is 12.4 Å². The fraction of sp³-hybridized carbons (Fsp3) is 0.571. The molecule has 2 aliphatic heterocycles. The van der Waals surface area contributed by atoms with Crippen LogP contribution in [0.3, 0.4) is 0 Å². The average Bonchev–Trinajstić information content (AvgIpc) is 3.15. The van der Waals surface area contributed by atoms with Crippen molar-refractivity contribution in [2.45, 2.75) is 51.2 Å². The number of amides is 1. The second kappa shape index (κ2) is 9.19. The highest BCUT2D eigenvalue weighted by atomic mass is 16.5. The molecule has 2 aliphatic rings. The highest BCUT2D eigenvalue weighted by Gasteiger charge is 2.26. The van der Waals surface area contributed by atoms with Gasteiger partial charge < -0.3 is 15.0 Å². The van der Waals surface area contributed by atoms with Crippen LogP contribution in [0.25, 0.3) is 0 Å². The zero-order valence-corrected chi connectivity index (χ0v) is 16.3. The number of nitrogens with zero attached hydrogens (tertiary/aromatic N) is 4. The SMILES string of the molecule is O=C(NCCCN1CCCCCC1)c1cc2n(n1)C[C@@H](Oc1ccncc1)C2. The van der Waals surface area contributed by atoms with E-state index in [1.165, 1.54) is 38.8 Å². The van der Waals surface area contributed by atoms with Gasteiger partial charge >= 0.3 is 0 Å². The first-order chi connectivity index (χ1) is 13.8. The molecule has 0 aliphatic carbocycles. The summed E-state index contributed by atoms with van der Waals surface area (Å²) in [5.41, 5.74) is 1.56. The molecule has 0 saturated carbocycles. The van der Waals surface area contributed by atoms with Gasteiger partial charge in [0.1, 0.15) is 17.5 Å². The van der Waals surface area contributed by atoms with Crippen LogP contribution < -0.4 is 10.1 Å². The van der Waals surface area contributed by atoms with E-state index < -0.39 is 0 Å². The van der Waals surface area contributed by atoms with E-state index in [0.717, 1.165) is 30.8 Å². The number of likely N-dealkylation sites (tertiary alicyclic amines) is 1. The monoisotopic (exact) mass is 383 g/mol. The second-order valence-electron chi connectivity index (χ2n) is 7.70. The van der Waals surface area contributed by atoms with Crippen molar-refractivity contribution in [3.8, 4) is 5.75 Å². The van der Waals surface area contributed by atoms with Crippen LogP contribution in [0.4, 0.5) is 0 Å². The first-order valence-electron chi connectivity index (χ1n) is 10.4. The highest BCUT2D eigenvalue weighted by molar-refractivity contribution is 5.92. The van der Waals surface area contributed by atoms with Crippen molar-refractivity contribution < 1.29 is 9.53 Å². The van der Waals surface area contributed by atoms with Crippen LogP contribution in [0.2, 0.25) is 0 Å². The summed E-state index contributed by atoms with van der Waals surface area (Å²) in [5, 5.41) is 7.48. The second-order valence-corrected chi connectivity index (χ2v) is 7.70. The van der Waals surface area contributed by atoms with E-state index in [1.807, 2.05) is 22.9 Å². The lowest BCUT2D eigenvalue weighted by Crippen LogP contribution is -2.31. The van der Waals surface area contributed by atoms with Gasteiger partial charge in [-0.25, -0.2) is 0 Å². The molecule has 4 heterocycles. The van der Waals surface area contributed by atoms with Crippen LogP contribution in [0.15, 0.2) is 30.6 Å². The average molecular weight is 383 g/mol. The fourth-order valence-electron chi connectivity index (χ4n) is 4.02. The number of nitrogens with one attached hydrogen (secondary N) is 1. The topological polar surface area (TPSA) is 72.3 Å². The molecule has 28 heavy (non-hydrogen) atoms. The summed E-state index contributed by atoms with van der Waals surface area (Å²) < 4.78 is 7.84. The minimum absolute atomic E-state index is 0.0515. The minimum Gasteiger partial charge on any atom is -0.488 e. The van der Waals surface area contributed by atoms with Crippen LogP contribution in [-0.4, -0.2) is 57.9 Å². The summed E-state index contributed by atoms with van der Waals surface area (Å²) >= 11 is 0. The van der Waals surface area contributed by atoms with Crippen molar-refractivity contribution in [1.82, 2.24) is 25.0 Å². The number of rotatable bonds is 7. The smallest absolute Gasteiger partial charge is 0.271 e. The molecule has 1 fully saturated rings. The molecule has 0 unspecified atom stereocenters. The zero-order valence-electron chi connectivity index (χ0n) is 16.3. The van der Waals surface area contributed by atoms with Crippen LogP contribution in [0, 0.1) is 0 Å². The molecule has 1 amide bonds. The van der Waals surface area contributed by atoms with E-state index in [-0.39, 0.29) is 12.0 Å². The van der Waals surface area contributed by atoms with Gasteiger partial charge in [-0.3, -0.25) is 14.5 Å². The molecule has 2 aromatic heterocycles. The van der Waals surface area contributed by atoms with E-state index in [2.05, 4.69) is 20.3 Å². The molecule has 150 valence electrons. The third kappa shape index (κ3) is 4.90. The van der Waals surface area contributed by atoms with Gasteiger partial charge in [-0.2, -0.15) is 5.10 Å². The van der Waals surface area contributed by atoms with Crippen molar-refractivity contribution in [1.29, 1.82) is 0 Å². The summed E-state index contributed by atoms with van der Waals surface area (Å²) in [6, 6.07) is 5.59. The van der Waals surface area contributed by atoms with E-state index in [9.17, 15) is 4.79 Å². The van der Waals surface area contributed by atoms with Gasteiger partial charge in [0.05, 0.1) is 6.54 Å². The van der Waals surface area contributed by atoms with Crippen LogP contribution in [0.1, 0.15) is 48.3 Å². The van der Waals surface area contributed by atoms with Gasteiger partial charge in [0.15, 0.2) is 0 Å². The standard InChI is InChI=1S/C21H29N5O2/c27-21(23-8-5-13-25-11-3-1-2-4-12-25)20-15-17-14-19(16-26(17)24-20)28-18-6-9-22-10-7-18/h6-7,9-10,15,19H,1-5,8,11-14,16H2,(H,23,27)/t19-/m0/s1. The van der Waals surface area contributed by atoms with Crippen molar-refractivity contribution in [3.05, 3.63) is 42.0 Å². The maximum atomic E-state index is 12.4. The summed E-state index contributed by atoms with van der Waals surface area (Å²) in [5.74, 6) is 0.734. The quantitative estimate of drug-likeness (QED) is 0.743. The molecular weight excluding hydrogens is 354 g/mol. The number of ether oxygens (including phenoxy) is 1. The third-order valence-electron chi connectivity index (χ3n) is 5.50. The number of hydrogen-bond donors (Lipinski definition) is 1. The van der Waals surface area contributed by atoms with E-state index >= 15 is 0 Å². The van der Waals surface area contributed by atoms with Crippen molar-refractivity contribution in [2.24, 2.45) is 0 Å². The largest absolute Gasteiger partial charge is 0.488 e. The van der Waals surface area contributed by atoms with Gasteiger partial charge in [0.25, 0.3) is 5.91 Å². The molecule has 1 atom stereocenters. The van der Waals surface area contributed by atoms with E-state index in [4.69, 9.17) is 4.74 Å². The van der Waals surface area contributed by atoms with Crippen LogP contribution >= 0.6 is 0 Å². The Morgan fingerprint density at radius 3 is 2.71 bits per heavy atom. The number of aromatic nitrogens is 3. The van der Waals surface area contributed by atoms with Crippen molar-refractivity contribution in [3.63, 3.8) is 0 Å². The number of carbonyl (C=O) groups is 1. The molecule has 4 rings (SSSR count). The molecule has 7 heteroatoms. The van der Waals surface area contributed by atoms with Crippen molar-refractivity contribution >= 4 is 5.91 Å². The Kier molecular flexibility index (Phi) is 6.21. The maximum absolute atomic E-state index is 12.4. The minimum atomic E-state index is -0.0793. The molecule has 2 aromatic rings. The van der Waals surface area contributed by atoms with Gasteiger partial charge in [0, 0.05) is 31.1 Å².